The number of methoxy groups -OCH3 is 1. The first-order valence-corrected chi connectivity index (χ1v) is 6.03. The maximum atomic E-state index is 11.4. The number of benzene rings is 1. The Kier molecular flexibility index (Phi) is 4.15. The number of ether oxygens (including phenoxy) is 2. The summed E-state index contributed by atoms with van der Waals surface area (Å²) in [5, 5.41) is 0. The third-order valence-electron chi connectivity index (χ3n) is 3.16. The summed E-state index contributed by atoms with van der Waals surface area (Å²) in [6.07, 6.45) is 2.48. The van der Waals surface area contributed by atoms with Crippen LogP contribution in [0.3, 0.4) is 0 Å². The van der Waals surface area contributed by atoms with Gasteiger partial charge in [-0.05, 0) is 30.4 Å². The number of Topliss-reactive ketones (excluding diaryl/α,β-unsaturated/α-hetero) is 1. The van der Waals surface area contributed by atoms with Crippen LogP contribution >= 0.6 is 0 Å². The molecule has 0 N–H and O–H groups in total. The lowest BCUT2D eigenvalue weighted by molar-refractivity contribution is -0.122. The van der Waals surface area contributed by atoms with Crippen LogP contribution < -0.4 is 4.74 Å². The minimum atomic E-state index is 0.177. The maximum Gasteiger partial charge on any atom is 0.158 e. The van der Waals surface area contributed by atoms with Crippen LogP contribution in [0.15, 0.2) is 24.3 Å². The van der Waals surface area contributed by atoms with Crippen LogP contribution in [0.25, 0.3) is 0 Å². The summed E-state index contributed by atoms with van der Waals surface area (Å²) in [7, 11) is 1.56. The molecule has 0 fully saturated rings. The van der Waals surface area contributed by atoms with Crippen LogP contribution in [0.4, 0.5) is 0 Å². The van der Waals surface area contributed by atoms with Gasteiger partial charge in [-0.25, -0.2) is 0 Å². The summed E-state index contributed by atoms with van der Waals surface area (Å²) >= 11 is 0. The quantitative estimate of drug-likeness (QED) is 0.785. The molecule has 0 radical (unpaired) electrons. The van der Waals surface area contributed by atoms with Crippen LogP contribution in [0.5, 0.6) is 5.75 Å². The molecule has 0 aromatic heterocycles. The first-order chi connectivity index (χ1) is 8.31. The van der Waals surface area contributed by atoms with Crippen LogP contribution in [-0.2, 0) is 9.53 Å². The third-order valence-corrected chi connectivity index (χ3v) is 3.16. The van der Waals surface area contributed by atoms with E-state index < -0.39 is 0 Å². The topological polar surface area (TPSA) is 35.5 Å². The van der Waals surface area contributed by atoms with E-state index in [9.17, 15) is 4.79 Å². The second-order valence-electron chi connectivity index (χ2n) is 4.38. The van der Waals surface area contributed by atoms with E-state index in [1.54, 1.807) is 7.11 Å². The van der Waals surface area contributed by atoms with Gasteiger partial charge in [-0.3, -0.25) is 4.79 Å². The molecular weight excluding hydrogens is 216 g/mol. The van der Waals surface area contributed by atoms with E-state index >= 15 is 0 Å². The molecule has 0 aliphatic carbocycles. The minimum Gasteiger partial charge on any atom is -0.493 e. The van der Waals surface area contributed by atoms with E-state index in [0.29, 0.717) is 12.3 Å². The Balaban J connectivity index is 1.97. The first kappa shape index (κ1) is 12.1. The van der Waals surface area contributed by atoms with E-state index in [4.69, 9.17) is 9.47 Å². The number of ketones is 1. The molecule has 0 spiro atoms. The highest BCUT2D eigenvalue weighted by molar-refractivity contribution is 5.79. The number of para-hydroxylation sites is 1. The number of carbonyl (C=O) groups is 1. The number of rotatable bonds is 5. The van der Waals surface area contributed by atoms with Gasteiger partial charge in [0.1, 0.15) is 12.4 Å². The van der Waals surface area contributed by atoms with Crippen molar-refractivity contribution in [3.05, 3.63) is 29.8 Å². The average Bonchev–Trinajstić information content (AvgIpc) is 2.36. The van der Waals surface area contributed by atoms with E-state index in [-0.39, 0.29) is 12.4 Å². The van der Waals surface area contributed by atoms with Crippen molar-refractivity contribution in [1.29, 1.82) is 0 Å². The fraction of sp³-hybridized carbons (Fsp3) is 0.500. The zero-order valence-electron chi connectivity index (χ0n) is 10.1. The highest BCUT2D eigenvalue weighted by Crippen LogP contribution is 2.36. The second-order valence-corrected chi connectivity index (χ2v) is 4.38. The summed E-state index contributed by atoms with van der Waals surface area (Å²) in [6.45, 7) is 0.977. The van der Waals surface area contributed by atoms with Crippen molar-refractivity contribution in [3.63, 3.8) is 0 Å². The number of fused-ring (bicyclic) bond motifs is 1. The van der Waals surface area contributed by atoms with Gasteiger partial charge in [0.15, 0.2) is 5.78 Å². The Morgan fingerprint density at radius 1 is 1.47 bits per heavy atom. The highest BCUT2D eigenvalue weighted by Gasteiger charge is 2.21. The predicted octanol–water partition coefficient (Wildman–Crippen LogP) is 2.55. The molecule has 17 heavy (non-hydrogen) atoms. The van der Waals surface area contributed by atoms with Gasteiger partial charge in [-0.1, -0.05) is 18.2 Å². The normalized spacial score (nSPS) is 18.3. The van der Waals surface area contributed by atoms with Crippen LogP contribution in [0.2, 0.25) is 0 Å². The average molecular weight is 234 g/mol. The lowest BCUT2D eigenvalue weighted by Gasteiger charge is -2.25. The summed E-state index contributed by atoms with van der Waals surface area (Å²) in [4.78, 5) is 11.4. The minimum absolute atomic E-state index is 0.177. The second kappa shape index (κ2) is 5.82. The molecule has 1 aliphatic heterocycles. The van der Waals surface area contributed by atoms with Crippen molar-refractivity contribution in [3.8, 4) is 5.75 Å². The van der Waals surface area contributed by atoms with Crippen molar-refractivity contribution in [2.45, 2.75) is 25.2 Å². The molecule has 0 saturated heterocycles. The van der Waals surface area contributed by atoms with Gasteiger partial charge in [0.05, 0.1) is 6.61 Å². The van der Waals surface area contributed by atoms with Gasteiger partial charge in [-0.2, -0.15) is 0 Å². The van der Waals surface area contributed by atoms with E-state index in [1.807, 2.05) is 18.2 Å². The van der Waals surface area contributed by atoms with Crippen molar-refractivity contribution in [1.82, 2.24) is 0 Å². The van der Waals surface area contributed by atoms with Crippen molar-refractivity contribution >= 4 is 5.78 Å². The van der Waals surface area contributed by atoms with Gasteiger partial charge in [0.2, 0.25) is 0 Å². The fourth-order valence-electron chi connectivity index (χ4n) is 2.28. The van der Waals surface area contributed by atoms with E-state index in [0.717, 1.165) is 25.2 Å². The maximum absolute atomic E-state index is 11.4. The zero-order valence-corrected chi connectivity index (χ0v) is 10.1. The molecule has 1 aromatic rings. The van der Waals surface area contributed by atoms with E-state index in [2.05, 4.69) is 6.07 Å². The van der Waals surface area contributed by atoms with Crippen LogP contribution in [0, 0.1) is 0 Å². The molecule has 1 atom stereocenters. The molecule has 1 aromatic carbocycles. The SMILES string of the molecule is COCC(=O)CCC1CCOc2ccccc21. The Morgan fingerprint density at radius 2 is 2.29 bits per heavy atom. The van der Waals surface area contributed by atoms with Crippen molar-refractivity contribution in [2.24, 2.45) is 0 Å². The molecule has 0 bridgehead atoms. The third kappa shape index (κ3) is 3.07. The summed E-state index contributed by atoms with van der Waals surface area (Å²) in [5.41, 5.74) is 1.24. The Bertz CT molecular complexity index is 387. The lowest BCUT2D eigenvalue weighted by atomic mass is 9.88. The van der Waals surface area contributed by atoms with Gasteiger partial charge < -0.3 is 9.47 Å². The monoisotopic (exact) mass is 234 g/mol. The van der Waals surface area contributed by atoms with Crippen LogP contribution in [0.1, 0.15) is 30.7 Å². The molecule has 3 nitrogen and oxygen atoms in total. The Labute approximate surface area is 102 Å². The zero-order chi connectivity index (χ0) is 12.1. The van der Waals surface area contributed by atoms with Crippen molar-refractivity contribution < 1.29 is 14.3 Å². The van der Waals surface area contributed by atoms with Crippen LogP contribution in [-0.4, -0.2) is 26.1 Å². The predicted molar refractivity (Wildman–Crippen MR) is 65.4 cm³/mol. The number of hydrogen-bond donors (Lipinski definition) is 0. The molecule has 1 heterocycles. The number of hydrogen-bond acceptors (Lipinski definition) is 3. The van der Waals surface area contributed by atoms with E-state index in [1.165, 1.54) is 5.56 Å². The Morgan fingerprint density at radius 3 is 3.12 bits per heavy atom. The molecule has 1 aliphatic rings. The largest absolute Gasteiger partial charge is 0.493 e. The first-order valence-electron chi connectivity index (χ1n) is 6.03. The molecule has 92 valence electrons. The van der Waals surface area contributed by atoms with Gasteiger partial charge in [0, 0.05) is 13.5 Å². The fourth-order valence-corrected chi connectivity index (χ4v) is 2.28. The molecular formula is C14H18O3. The molecule has 0 amide bonds. The number of carbonyl (C=O) groups excluding carboxylic acids is 1. The summed E-state index contributed by atoms with van der Waals surface area (Å²) < 4.78 is 10.4. The standard InChI is InChI=1S/C14H18O3/c1-16-10-12(15)7-6-11-8-9-17-14-5-3-2-4-13(11)14/h2-5,11H,6-10H2,1H3. The van der Waals surface area contributed by atoms with Gasteiger partial charge >= 0.3 is 0 Å². The van der Waals surface area contributed by atoms with Gasteiger partial charge in [-0.15, -0.1) is 0 Å². The molecule has 2 rings (SSSR count). The smallest absolute Gasteiger partial charge is 0.158 e. The highest BCUT2D eigenvalue weighted by atomic mass is 16.5. The molecule has 3 heteroatoms. The lowest BCUT2D eigenvalue weighted by Crippen LogP contribution is -2.16. The van der Waals surface area contributed by atoms with Crippen molar-refractivity contribution in [2.75, 3.05) is 20.3 Å². The molecule has 1 unspecified atom stereocenters. The Hall–Kier alpha value is -1.35. The van der Waals surface area contributed by atoms with Gasteiger partial charge in [0.25, 0.3) is 0 Å². The summed E-state index contributed by atoms with van der Waals surface area (Å²) in [6, 6.07) is 8.10. The summed E-state index contributed by atoms with van der Waals surface area (Å²) in [5.74, 6) is 1.60. The molecule has 0 saturated carbocycles.